The molecular formula is C23H26N2O5. The SMILES string of the molecule is CCC(C(=O)O)N(Cc1ccccc1)C(=O)C1(NC(=O)OCc2ccccc2)CC1. The fraction of sp³-hybridized carbons (Fsp3) is 0.348. The molecule has 0 spiro atoms. The van der Waals surface area contributed by atoms with Crippen molar-refractivity contribution in [2.45, 2.75) is 50.9 Å². The second-order valence-corrected chi connectivity index (χ2v) is 7.45. The zero-order valence-electron chi connectivity index (χ0n) is 16.9. The van der Waals surface area contributed by atoms with E-state index in [1.54, 1.807) is 6.92 Å². The first-order valence-corrected chi connectivity index (χ1v) is 10.0. The van der Waals surface area contributed by atoms with E-state index >= 15 is 0 Å². The van der Waals surface area contributed by atoms with Gasteiger partial charge in [0, 0.05) is 6.54 Å². The van der Waals surface area contributed by atoms with Gasteiger partial charge in [0.15, 0.2) is 0 Å². The van der Waals surface area contributed by atoms with Gasteiger partial charge < -0.3 is 20.1 Å². The van der Waals surface area contributed by atoms with E-state index in [2.05, 4.69) is 5.32 Å². The van der Waals surface area contributed by atoms with Gasteiger partial charge in [-0.05, 0) is 30.4 Å². The Bertz CT molecular complexity index is 881. The normalized spacial score (nSPS) is 15.0. The highest BCUT2D eigenvalue weighted by Gasteiger charge is 2.54. The van der Waals surface area contributed by atoms with Gasteiger partial charge in [-0.25, -0.2) is 9.59 Å². The van der Waals surface area contributed by atoms with Gasteiger partial charge in [-0.3, -0.25) is 4.79 Å². The van der Waals surface area contributed by atoms with Gasteiger partial charge in [0.1, 0.15) is 18.2 Å². The molecule has 1 unspecified atom stereocenters. The number of amides is 2. The second kappa shape index (κ2) is 9.43. The Morgan fingerprint density at radius 3 is 2.10 bits per heavy atom. The molecule has 2 aromatic carbocycles. The van der Waals surface area contributed by atoms with Crippen molar-refractivity contribution >= 4 is 18.0 Å². The molecule has 1 fully saturated rings. The first kappa shape index (κ1) is 21.4. The number of aliphatic carboxylic acids is 1. The Morgan fingerprint density at radius 2 is 1.60 bits per heavy atom. The Hall–Kier alpha value is -3.35. The van der Waals surface area contributed by atoms with E-state index in [0.717, 1.165) is 11.1 Å². The van der Waals surface area contributed by atoms with Crippen LogP contribution in [-0.2, 0) is 27.5 Å². The smallest absolute Gasteiger partial charge is 0.408 e. The fourth-order valence-electron chi connectivity index (χ4n) is 3.38. The average molecular weight is 410 g/mol. The average Bonchev–Trinajstić information content (AvgIpc) is 3.53. The molecule has 1 aliphatic carbocycles. The lowest BCUT2D eigenvalue weighted by Crippen LogP contribution is -2.55. The zero-order chi connectivity index (χ0) is 21.6. The van der Waals surface area contributed by atoms with Crippen LogP contribution in [0.15, 0.2) is 60.7 Å². The summed E-state index contributed by atoms with van der Waals surface area (Å²) in [7, 11) is 0. The second-order valence-electron chi connectivity index (χ2n) is 7.45. The summed E-state index contributed by atoms with van der Waals surface area (Å²) >= 11 is 0. The van der Waals surface area contributed by atoms with Gasteiger partial charge in [0.25, 0.3) is 0 Å². The summed E-state index contributed by atoms with van der Waals surface area (Å²) in [6.07, 6.45) is 0.483. The highest BCUT2D eigenvalue weighted by atomic mass is 16.5. The first-order valence-electron chi connectivity index (χ1n) is 10.0. The number of hydrogen-bond acceptors (Lipinski definition) is 4. The quantitative estimate of drug-likeness (QED) is 0.661. The van der Waals surface area contributed by atoms with Crippen molar-refractivity contribution in [3.8, 4) is 0 Å². The molecule has 1 aliphatic rings. The number of benzene rings is 2. The topological polar surface area (TPSA) is 95.9 Å². The summed E-state index contributed by atoms with van der Waals surface area (Å²) in [6.45, 7) is 1.98. The highest BCUT2D eigenvalue weighted by Crippen LogP contribution is 2.38. The Morgan fingerprint density at radius 1 is 1.03 bits per heavy atom. The summed E-state index contributed by atoms with van der Waals surface area (Å²) in [5, 5.41) is 12.3. The maximum absolute atomic E-state index is 13.3. The lowest BCUT2D eigenvalue weighted by molar-refractivity contribution is -0.152. The molecule has 0 bridgehead atoms. The van der Waals surface area contributed by atoms with Gasteiger partial charge in [-0.15, -0.1) is 0 Å². The van der Waals surface area contributed by atoms with Gasteiger partial charge >= 0.3 is 12.1 Å². The predicted octanol–water partition coefficient (Wildman–Crippen LogP) is 3.34. The van der Waals surface area contributed by atoms with Crippen molar-refractivity contribution in [1.82, 2.24) is 10.2 Å². The minimum Gasteiger partial charge on any atom is -0.480 e. The lowest BCUT2D eigenvalue weighted by Gasteiger charge is -2.32. The van der Waals surface area contributed by atoms with Crippen molar-refractivity contribution < 1.29 is 24.2 Å². The maximum Gasteiger partial charge on any atom is 0.408 e. The monoisotopic (exact) mass is 410 g/mol. The molecular weight excluding hydrogens is 384 g/mol. The third-order valence-corrected chi connectivity index (χ3v) is 5.22. The van der Waals surface area contributed by atoms with Crippen LogP contribution in [0.1, 0.15) is 37.3 Å². The van der Waals surface area contributed by atoms with Gasteiger partial charge in [0.05, 0.1) is 0 Å². The van der Waals surface area contributed by atoms with E-state index in [4.69, 9.17) is 4.74 Å². The number of rotatable bonds is 9. The Labute approximate surface area is 175 Å². The molecule has 158 valence electrons. The lowest BCUT2D eigenvalue weighted by atomic mass is 10.1. The molecule has 7 nitrogen and oxygen atoms in total. The maximum atomic E-state index is 13.3. The van der Waals surface area contributed by atoms with Crippen LogP contribution in [0.4, 0.5) is 4.79 Å². The van der Waals surface area contributed by atoms with E-state index in [9.17, 15) is 19.5 Å². The molecule has 0 saturated heterocycles. The summed E-state index contributed by atoms with van der Waals surface area (Å²) in [4.78, 5) is 38.8. The minimum absolute atomic E-state index is 0.0946. The number of carbonyl (C=O) groups is 3. The molecule has 0 aliphatic heterocycles. The summed E-state index contributed by atoms with van der Waals surface area (Å²) < 4.78 is 5.25. The summed E-state index contributed by atoms with van der Waals surface area (Å²) in [5.41, 5.74) is 0.560. The minimum atomic E-state index is -1.11. The summed E-state index contributed by atoms with van der Waals surface area (Å²) in [5.74, 6) is -1.46. The highest BCUT2D eigenvalue weighted by molar-refractivity contribution is 5.95. The van der Waals surface area contributed by atoms with Gasteiger partial charge in [-0.1, -0.05) is 67.6 Å². The van der Waals surface area contributed by atoms with Crippen LogP contribution in [0, 0.1) is 0 Å². The Balaban J connectivity index is 1.70. The van der Waals surface area contributed by atoms with Crippen molar-refractivity contribution in [1.29, 1.82) is 0 Å². The molecule has 0 radical (unpaired) electrons. The molecule has 1 saturated carbocycles. The molecule has 2 N–H and O–H groups in total. The molecule has 7 heteroatoms. The van der Waals surface area contributed by atoms with Crippen LogP contribution in [0.5, 0.6) is 0 Å². The third-order valence-electron chi connectivity index (χ3n) is 5.22. The number of nitrogens with zero attached hydrogens (tertiary/aromatic N) is 1. The molecule has 0 aromatic heterocycles. The molecule has 3 rings (SSSR count). The van der Waals surface area contributed by atoms with E-state index in [1.807, 2.05) is 60.7 Å². The molecule has 1 atom stereocenters. The van der Waals surface area contributed by atoms with Crippen LogP contribution >= 0.6 is 0 Å². The number of hydrogen-bond donors (Lipinski definition) is 2. The van der Waals surface area contributed by atoms with E-state index in [1.165, 1.54) is 4.90 Å². The van der Waals surface area contributed by atoms with Crippen molar-refractivity contribution in [2.75, 3.05) is 0 Å². The van der Waals surface area contributed by atoms with Crippen molar-refractivity contribution in [2.24, 2.45) is 0 Å². The fourth-order valence-corrected chi connectivity index (χ4v) is 3.38. The van der Waals surface area contributed by atoms with Crippen LogP contribution < -0.4 is 5.32 Å². The standard InChI is InChI=1S/C23H26N2O5/c1-2-19(20(26)27)25(15-17-9-5-3-6-10-17)21(28)23(13-14-23)24-22(29)30-16-18-11-7-4-8-12-18/h3-12,19H,2,13-16H2,1H3,(H,24,29)(H,26,27). The van der Waals surface area contributed by atoms with Crippen LogP contribution in [0.25, 0.3) is 0 Å². The number of nitrogens with one attached hydrogen (secondary N) is 1. The summed E-state index contributed by atoms with van der Waals surface area (Å²) in [6, 6.07) is 17.5. The van der Waals surface area contributed by atoms with Crippen LogP contribution in [0.3, 0.4) is 0 Å². The number of carboxylic acid groups (broad SMARTS) is 1. The third kappa shape index (κ3) is 5.17. The zero-order valence-corrected chi connectivity index (χ0v) is 16.9. The number of carbonyl (C=O) groups excluding carboxylic acids is 2. The van der Waals surface area contributed by atoms with E-state index in [-0.39, 0.29) is 19.6 Å². The molecule has 2 amide bonds. The molecule has 2 aromatic rings. The predicted molar refractivity (Wildman–Crippen MR) is 110 cm³/mol. The number of ether oxygens (including phenoxy) is 1. The van der Waals surface area contributed by atoms with Crippen LogP contribution in [-0.4, -0.2) is 39.6 Å². The Kier molecular flexibility index (Phi) is 6.72. The first-order chi connectivity index (χ1) is 14.4. The number of alkyl carbamates (subject to hydrolysis) is 1. The van der Waals surface area contributed by atoms with Crippen molar-refractivity contribution in [3.05, 3.63) is 71.8 Å². The van der Waals surface area contributed by atoms with Crippen LogP contribution in [0.2, 0.25) is 0 Å². The van der Waals surface area contributed by atoms with Gasteiger partial charge in [-0.2, -0.15) is 0 Å². The van der Waals surface area contributed by atoms with E-state index < -0.39 is 29.6 Å². The van der Waals surface area contributed by atoms with Crippen molar-refractivity contribution in [3.63, 3.8) is 0 Å². The molecule has 0 heterocycles. The van der Waals surface area contributed by atoms with Gasteiger partial charge in [0.2, 0.25) is 5.91 Å². The van der Waals surface area contributed by atoms with E-state index in [0.29, 0.717) is 12.8 Å². The largest absolute Gasteiger partial charge is 0.480 e. The molecule has 30 heavy (non-hydrogen) atoms. The number of carboxylic acids is 1.